The second kappa shape index (κ2) is 6.50. The number of carbonyl (C=O) groups excluding carboxylic acids is 1. The van der Waals surface area contributed by atoms with Crippen molar-refractivity contribution >= 4 is 14.3 Å². The predicted octanol–water partition coefficient (Wildman–Crippen LogP) is 4.44. The van der Waals surface area contributed by atoms with Crippen LogP contribution in [0.4, 0.5) is 0 Å². The molecule has 5 heteroatoms. The summed E-state index contributed by atoms with van der Waals surface area (Å²) in [6.07, 6.45) is 2.11. The Kier molecular flexibility index (Phi) is 5.37. The number of aliphatic hydroxyl groups excluding tert-OH is 1. The highest BCUT2D eigenvalue weighted by Crippen LogP contribution is 2.59. The van der Waals surface area contributed by atoms with Gasteiger partial charge in [-0.05, 0) is 43.8 Å². The van der Waals surface area contributed by atoms with Crippen molar-refractivity contribution in [3.63, 3.8) is 0 Å². The van der Waals surface area contributed by atoms with Crippen molar-refractivity contribution in [3.05, 3.63) is 12.2 Å². The molecule has 2 fully saturated rings. The maximum atomic E-state index is 12.3. The van der Waals surface area contributed by atoms with E-state index < -0.39 is 25.4 Å². The molecule has 2 bridgehead atoms. The Morgan fingerprint density at radius 1 is 1.40 bits per heavy atom. The maximum Gasteiger partial charge on any atom is 0.314 e. The molecule has 1 N–H and O–H groups in total. The van der Waals surface area contributed by atoms with Gasteiger partial charge in [-0.1, -0.05) is 46.8 Å². The molecule has 1 saturated carbocycles. The quantitative estimate of drug-likeness (QED) is 0.326. The smallest absolute Gasteiger partial charge is 0.314 e. The van der Waals surface area contributed by atoms with Crippen LogP contribution in [0.15, 0.2) is 12.2 Å². The average Bonchev–Trinajstić information content (AvgIpc) is 2.56. The highest BCUT2D eigenvalue weighted by Gasteiger charge is 2.66. The predicted molar refractivity (Wildman–Crippen MR) is 103 cm³/mol. The summed E-state index contributed by atoms with van der Waals surface area (Å²) in [5, 5.41) is 11.1. The zero-order chi connectivity index (χ0) is 19.3. The number of hydrogen-bond acceptors (Lipinski definition) is 4. The number of fused-ring (bicyclic) bond motifs is 2. The van der Waals surface area contributed by atoms with Crippen LogP contribution in [0.3, 0.4) is 0 Å². The fraction of sp³-hybridized carbons (Fsp3) is 0.850. The molecule has 25 heavy (non-hydrogen) atoms. The lowest BCUT2D eigenvalue weighted by Crippen LogP contribution is -2.55. The van der Waals surface area contributed by atoms with E-state index >= 15 is 0 Å². The van der Waals surface area contributed by atoms with Gasteiger partial charge >= 0.3 is 5.97 Å². The molecule has 144 valence electrons. The van der Waals surface area contributed by atoms with Gasteiger partial charge in [0.1, 0.15) is 5.60 Å². The van der Waals surface area contributed by atoms with Crippen molar-refractivity contribution in [1.29, 1.82) is 0 Å². The summed E-state index contributed by atoms with van der Waals surface area (Å²) in [5.41, 5.74) is -0.261. The van der Waals surface area contributed by atoms with E-state index in [9.17, 15) is 9.90 Å². The lowest BCUT2D eigenvalue weighted by Gasteiger charge is -2.47. The first-order valence-corrected chi connectivity index (χ1v) is 12.4. The third-order valence-electron chi connectivity index (χ3n) is 6.99. The summed E-state index contributed by atoms with van der Waals surface area (Å²) < 4.78 is 12.0. The van der Waals surface area contributed by atoms with Crippen LogP contribution in [0, 0.1) is 11.3 Å². The highest BCUT2D eigenvalue weighted by atomic mass is 28.4. The van der Waals surface area contributed by atoms with Gasteiger partial charge in [0.15, 0.2) is 8.32 Å². The lowest BCUT2D eigenvalue weighted by molar-refractivity contribution is -0.171. The SMILES string of the molecule is C=C1CC[C@]2([C@H](O)CCCO[Si](C)(C)C(C)(C)C)OC(=O)[C@H]1C2(C)C. The fourth-order valence-corrected chi connectivity index (χ4v) is 5.26. The number of carbonyl (C=O) groups is 1. The van der Waals surface area contributed by atoms with Gasteiger partial charge in [-0.25, -0.2) is 0 Å². The first-order chi connectivity index (χ1) is 11.3. The van der Waals surface area contributed by atoms with Crippen LogP contribution in [-0.2, 0) is 14.0 Å². The molecule has 4 nitrogen and oxygen atoms in total. The van der Waals surface area contributed by atoms with Gasteiger partial charge in [0.25, 0.3) is 0 Å². The minimum absolute atomic E-state index is 0.185. The first kappa shape index (κ1) is 20.7. The van der Waals surface area contributed by atoms with Crippen LogP contribution in [0.5, 0.6) is 0 Å². The summed E-state index contributed by atoms with van der Waals surface area (Å²) in [6.45, 7) is 19.9. The molecule has 0 spiro atoms. The maximum absolute atomic E-state index is 12.3. The van der Waals surface area contributed by atoms with Gasteiger partial charge in [-0.2, -0.15) is 0 Å². The Labute approximate surface area is 154 Å². The number of hydrogen-bond donors (Lipinski definition) is 1. The van der Waals surface area contributed by atoms with E-state index in [1.54, 1.807) is 0 Å². The van der Waals surface area contributed by atoms with Crippen molar-refractivity contribution < 1.29 is 19.1 Å². The fourth-order valence-electron chi connectivity index (χ4n) is 4.17. The number of ether oxygens (including phenoxy) is 1. The summed E-state index contributed by atoms with van der Waals surface area (Å²) >= 11 is 0. The lowest BCUT2D eigenvalue weighted by atomic mass is 9.58. The third kappa shape index (κ3) is 3.35. The zero-order valence-corrected chi connectivity index (χ0v) is 18.1. The standard InChI is InChI=1S/C20H36O4Si/c1-14-11-12-20(19(5,6)16(14)17(22)24-20)15(21)10-9-13-23-25(7,8)18(2,3)4/h15-16,21H,1,9-13H2,2-8H3/t15-,16+,20-/m1/s1. The number of esters is 1. The van der Waals surface area contributed by atoms with Crippen LogP contribution >= 0.6 is 0 Å². The summed E-state index contributed by atoms with van der Waals surface area (Å²) in [7, 11) is -1.76. The highest BCUT2D eigenvalue weighted by molar-refractivity contribution is 6.74. The Bertz CT molecular complexity index is 546. The Balaban J connectivity index is 1.98. The summed E-state index contributed by atoms with van der Waals surface area (Å²) in [5.74, 6) is -0.511. The number of rotatable bonds is 6. The van der Waals surface area contributed by atoms with Crippen molar-refractivity contribution in [2.45, 2.75) is 90.1 Å². The topological polar surface area (TPSA) is 55.8 Å². The van der Waals surface area contributed by atoms with Crippen LogP contribution in [-0.4, -0.2) is 37.7 Å². The van der Waals surface area contributed by atoms with E-state index in [-0.39, 0.29) is 16.9 Å². The van der Waals surface area contributed by atoms with E-state index in [1.165, 1.54) is 0 Å². The third-order valence-corrected chi connectivity index (χ3v) is 11.5. The molecule has 1 aliphatic carbocycles. The molecular weight excluding hydrogens is 332 g/mol. The van der Waals surface area contributed by atoms with Crippen molar-refractivity contribution in [3.8, 4) is 0 Å². The van der Waals surface area contributed by atoms with Crippen LogP contribution < -0.4 is 0 Å². The van der Waals surface area contributed by atoms with Gasteiger partial charge in [0.2, 0.25) is 0 Å². The number of aliphatic hydroxyl groups is 1. The van der Waals surface area contributed by atoms with Gasteiger partial charge in [0.05, 0.1) is 12.0 Å². The minimum atomic E-state index is -1.76. The summed E-state index contributed by atoms with van der Waals surface area (Å²) in [4.78, 5) is 12.3. The molecule has 2 aliphatic rings. The molecule has 1 aliphatic heterocycles. The average molecular weight is 369 g/mol. The Morgan fingerprint density at radius 2 is 2.00 bits per heavy atom. The van der Waals surface area contributed by atoms with E-state index in [0.29, 0.717) is 19.4 Å². The summed E-state index contributed by atoms with van der Waals surface area (Å²) in [6, 6.07) is 0. The molecule has 0 amide bonds. The molecule has 0 unspecified atom stereocenters. The first-order valence-electron chi connectivity index (χ1n) is 9.49. The van der Waals surface area contributed by atoms with E-state index in [2.05, 4.69) is 40.4 Å². The molecule has 0 aromatic rings. The molecule has 3 atom stereocenters. The van der Waals surface area contributed by atoms with Crippen molar-refractivity contribution in [1.82, 2.24) is 0 Å². The largest absolute Gasteiger partial charge is 0.455 e. The second-order valence-electron chi connectivity index (χ2n) is 9.89. The normalized spacial score (nSPS) is 30.3. The Hall–Kier alpha value is -0.653. The molecule has 0 aromatic heterocycles. The van der Waals surface area contributed by atoms with E-state index in [0.717, 1.165) is 18.4 Å². The molecule has 0 aromatic carbocycles. The molecular formula is C20H36O4Si. The van der Waals surface area contributed by atoms with E-state index in [4.69, 9.17) is 9.16 Å². The molecule has 1 saturated heterocycles. The van der Waals surface area contributed by atoms with Crippen molar-refractivity contribution in [2.24, 2.45) is 11.3 Å². The molecule has 1 heterocycles. The van der Waals surface area contributed by atoms with Gasteiger partial charge in [-0.3, -0.25) is 4.79 Å². The zero-order valence-electron chi connectivity index (χ0n) is 17.1. The van der Waals surface area contributed by atoms with Gasteiger partial charge in [0, 0.05) is 12.0 Å². The Morgan fingerprint density at radius 3 is 2.56 bits per heavy atom. The van der Waals surface area contributed by atoms with Crippen LogP contribution in [0.25, 0.3) is 0 Å². The van der Waals surface area contributed by atoms with E-state index in [1.807, 2.05) is 13.8 Å². The monoisotopic (exact) mass is 368 g/mol. The van der Waals surface area contributed by atoms with Crippen LogP contribution in [0.2, 0.25) is 18.1 Å². The van der Waals surface area contributed by atoms with Crippen LogP contribution in [0.1, 0.15) is 60.3 Å². The molecule has 0 radical (unpaired) electrons. The van der Waals surface area contributed by atoms with Gasteiger partial charge < -0.3 is 14.3 Å². The second-order valence-corrected chi connectivity index (χ2v) is 14.7. The minimum Gasteiger partial charge on any atom is -0.455 e. The molecule has 2 rings (SSSR count). The van der Waals surface area contributed by atoms with Crippen molar-refractivity contribution in [2.75, 3.05) is 6.61 Å². The van der Waals surface area contributed by atoms with Gasteiger partial charge in [-0.15, -0.1) is 0 Å².